The van der Waals surface area contributed by atoms with Crippen molar-refractivity contribution in [2.24, 2.45) is 0 Å². The third kappa shape index (κ3) is 2.73. The Hall–Kier alpha value is -1.65. The van der Waals surface area contributed by atoms with Crippen LogP contribution in [0.4, 0.5) is 5.69 Å². The molecule has 0 saturated carbocycles. The summed E-state index contributed by atoms with van der Waals surface area (Å²) in [6, 6.07) is 7.48. The minimum absolute atomic E-state index is 0.167. The van der Waals surface area contributed by atoms with Gasteiger partial charge in [-0.25, -0.2) is 5.26 Å². The number of halogens is 1. The van der Waals surface area contributed by atoms with Crippen LogP contribution in [0.1, 0.15) is 5.56 Å². The van der Waals surface area contributed by atoms with Crippen LogP contribution in [0.2, 0.25) is 17.7 Å². The Labute approximate surface area is 106 Å². The SMILES string of the molecule is N#CB1CCN(c2cc(Cl)cc(C#N)c2)CC1. The van der Waals surface area contributed by atoms with Crippen LogP contribution in [-0.4, -0.2) is 19.8 Å². The average Bonchev–Trinajstić information content (AvgIpc) is 2.38. The zero-order chi connectivity index (χ0) is 12.3. The molecular weight excluding hydrogens is 232 g/mol. The van der Waals surface area contributed by atoms with Gasteiger partial charge < -0.3 is 4.90 Å². The molecule has 3 nitrogen and oxygen atoms in total. The van der Waals surface area contributed by atoms with E-state index in [-0.39, 0.29) is 6.71 Å². The molecule has 1 aromatic rings. The van der Waals surface area contributed by atoms with Gasteiger partial charge in [0.25, 0.3) is 6.71 Å². The average molecular weight is 244 g/mol. The van der Waals surface area contributed by atoms with Crippen LogP contribution >= 0.6 is 11.6 Å². The molecule has 1 aliphatic rings. The van der Waals surface area contributed by atoms with E-state index in [0.717, 1.165) is 31.4 Å². The van der Waals surface area contributed by atoms with Gasteiger partial charge in [-0.15, -0.1) is 0 Å². The van der Waals surface area contributed by atoms with Crippen LogP contribution in [0.15, 0.2) is 18.2 Å². The summed E-state index contributed by atoms with van der Waals surface area (Å²) in [5.74, 6) is 2.30. The normalized spacial score (nSPS) is 15.2. The molecule has 0 atom stereocenters. The molecular formula is C12H11BClN3. The maximum atomic E-state index is 8.89. The number of benzene rings is 1. The molecule has 2 rings (SSSR count). The fourth-order valence-electron chi connectivity index (χ4n) is 2.09. The Morgan fingerprint density at radius 1 is 1.18 bits per heavy atom. The largest absolute Gasteiger partial charge is 0.373 e. The minimum Gasteiger partial charge on any atom is -0.373 e. The van der Waals surface area contributed by atoms with Gasteiger partial charge in [0.1, 0.15) is 0 Å². The van der Waals surface area contributed by atoms with Crippen molar-refractivity contribution < 1.29 is 0 Å². The highest BCUT2D eigenvalue weighted by Crippen LogP contribution is 2.25. The van der Waals surface area contributed by atoms with E-state index in [1.807, 2.05) is 12.1 Å². The Bertz CT molecular complexity index is 495. The first-order valence-electron chi connectivity index (χ1n) is 5.58. The summed E-state index contributed by atoms with van der Waals surface area (Å²) >= 11 is 5.97. The predicted octanol–water partition coefficient (Wildman–Crippen LogP) is 2.59. The standard InChI is InChI=1S/C12H11BClN3/c14-11-5-10(8-15)6-12(7-11)17-3-1-13(9-16)2-4-17/h5-7H,1-4H2. The highest BCUT2D eigenvalue weighted by Gasteiger charge is 2.22. The van der Waals surface area contributed by atoms with Crippen molar-refractivity contribution in [2.75, 3.05) is 18.0 Å². The van der Waals surface area contributed by atoms with E-state index in [9.17, 15) is 0 Å². The van der Waals surface area contributed by atoms with Gasteiger partial charge in [-0.2, -0.15) is 5.26 Å². The maximum Gasteiger partial charge on any atom is 0.271 e. The van der Waals surface area contributed by atoms with Gasteiger partial charge in [-0.1, -0.05) is 11.6 Å². The molecule has 0 N–H and O–H groups in total. The Morgan fingerprint density at radius 3 is 2.47 bits per heavy atom. The molecule has 1 fully saturated rings. The molecule has 5 heteroatoms. The van der Waals surface area contributed by atoms with E-state index in [0.29, 0.717) is 10.6 Å². The van der Waals surface area contributed by atoms with Crippen molar-refractivity contribution >= 4 is 24.0 Å². The number of hydrogen-bond donors (Lipinski definition) is 0. The predicted molar refractivity (Wildman–Crippen MR) is 69.4 cm³/mol. The lowest BCUT2D eigenvalue weighted by Gasteiger charge is -2.30. The van der Waals surface area contributed by atoms with Crippen molar-refractivity contribution in [1.29, 1.82) is 10.5 Å². The van der Waals surface area contributed by atoms with Gasteiger partial charge in [-0.3, -0.25) is 0 Å². The monoisotopic (exact) mass is 243 g/mol. The van der Waals surface area contributed by atoms with E-state index in [2.05, 4.69) is 16.9 Å². The van der Waals surface area contributed by atoms with E-state index < -0.39 is 0 Å². The molecule has 0 aromatic heterocycles. The molecule has 0 spiro atoms. The quantitative estimate of drug-likeness (QED) is 0.712. The van der Waals surface area contributed by atoms with Crippen LogP contribution in [0.3, 0.4) is 0 Å². The summed E-state index contributed by atoms with van der Waals surface area (Å²) in [7, 11) is 0. The van der Waals surface area contributed by atoms with Crippen LogP contribution in [0.5, 0.6) is 0 Å². The fourth-order valence-corrected chi connectivity index (χ4v) is 2.32. The molecule has 1 heterocycles. The number of anilines is 1. The summed E-state index contributed by atoms with van der Waals surface area (Å²) in [5, 5.41) is 18.3. The lowest BCUT2D eigenvalue weighted by atomic mass is 9.45. The van der Waals surface area contributed by atoms with Crippen molar-refractivity contribution in [1.82, 2.24) is 0 Å². The molecule has 1 aliphatic heterocycles. The van der Waals surface area contributed by atoms with Crippen molar-refractivity contribution in [2.45, 2.75) is 12.6 Å². The second-order valence-corrected chi connectivity index (χ2v) is 4.64. The van der Waals surface area contributed by atoms with E-state index >= 15 is 0 Å². The zero-order valence-corrected chi connectivity index (χ0v) is 10.1. The van der Waals surface area contributed by atoms with Crippen molar-refractivity contribution in [3.63, 3.8) is 0 Å². The summed E-state index contributed by atoms with van der Waals surface area (Å²) in [6.45, 7) is 1.87. The second-order valence-electron chi connectivity index (χ2n) is 4.20. The summed E-state index contributed by atoms with van der Waals surface area (Å²) < 4.78 is 0. The van der Waals surface area contributed by atoms with E-state index in [1.54, 1.807) is 6.07 Å². The highest BCUT2D eigenvalue weighted by molar-refractivity contribution is 6.67. The number of hydrogen-bond acceptors (Lipinski definition) is 3. The summed E-state index contributed by atoms with van der Waals surface area (Å²) in [4.78, 5) is 2.18. The number of nitrogens with zero attached hydrogens (tertiary/aromatic N) is 3. The minimum atomic E-state index is 0.167. The van der Waals surface area contributed by atoms with Crippen LogP contribution in [0, 0.1) is 22.6 Å². The topological polar surface area (TPSA) is 50.8 Å². The van der Waals surface area contributed by atoms with Gasteiger partial charge in [0.15, 0.2) is 0 Å². The Balaban J connectivity index is 2.16. The smallest absolute Gasteiger partial charge is 0.271 e. The van der Waals surface area contributed by atoms with Gasteiger partial charge in [0.2, 0.25) is 0 Å². The third-order valence-corrected chi connectivity index (χ3v) is 3.27. The molecule has 0 amide bonds. The van der Waals surface area contributed by atoms with E-state index in [1.165, 1.54) is 0 Å². The first kappa shape index (κ1) is 11.8. The molecule has 0 bridgehead atoms. The fraction of sp³-hybridized carbons (Fsp3) is 0.333. The lowest BCUT2D eigenvalue weighted by molar-refractivity contribution is 0.822. The second kappa shape index (κ2) is 5.12. The van der Waals surface area contributed by atoms with Crippen LogP contribution in [-0.2, 0) is 0 Å². The molecule has 17 heavy (non-hydrogen) atoms. The molecule has 0 unspecified atom stereocenters. The third-order valence-electron chi connectivity index (χ3n) is 3.05. The first-order valence-corrected chi connectivity index (χ1v) is 5.96. The van der Waals surface area contributed by atoms with Crippen LogP contribution < -0.4 is 4.90 Å². The van der Waals surface area contributed by atoms with Crippen LogP contribution in [0.25, 0.3) is 0 Å². The molecule has 0 radical (unpaired) electrons. The van der Waals surface area contributed by atoms with Crippen molar-refractivity contribution in [3.8, 4) is 12.0 Å². The maximum absolute atomic E-state index is 8.89. The molecule has 84 valence electrons. The van der Waals surface area contributed by atoms with Gasteiger partial charge in [0.05, 0.1) is 11.6 Å². The Morgan fingerprint density at radius 2 is 1.88 bits per heavy atom. The number of nitriles is 2. The highest BCUT2D eigenvalue weighted by atomic mass is 35.5. The number of rotatable bonds is 1. The van der Waals surface area contributed by atoms with Gasteiger partial charge in [0, 0.05) is 29.8 Å². The van der Waals surface area contributed by atoms with Gasteiger partial charge in [-0.05, 0) is 30.8 Å². The molecule has 0 aliphatic carbocycles. The molecule has 1 saturated heterocycles. The summed E-state index contributed by atoms with van der Waals surface area (Å²) in [5.41, 5.74) is 1.56. The van der Waals surface area contributed by atoms with Gasteiger partial charge >= 0.3 is 0 Å². The van der Waals surface area contributed by atoms with Crippen molar-refractivity contribution in [3.05, 3.63) is 28.8 Å². The lowest BCUT2D eigenvalue weighted by Crippen LogP contribution is -2.36. The summed E-state index contributed by atoms with van der Waals surface area (Å²) in [6.07, 6.45) is 1.76. The molecule has 1 aromatic carbocycles. The first-order chi connectivity index (χ1) is 8.22. The van der Waals surface area contributed by atoms with E-state index in [4.69, 9.17) is 22.1 Å². The Kier molecular flexibility index (Phi) is 3.56. The zero-order valence-electron chi connectivity index (χ0n) is 9.36.